The Hall–Kier alpha value is -1.59. The molecule has 1 aromatic rings. The van der Waals surface area contributed by atoms with Crippen molar-refractivity contribution >= 4 is 5.91 Å². The molecule has 1 saturated heterocycles. The molecule has 1 aliphatic heterocycles. The van der Waals surface area contributed by atoms with Crippen molar-refractivity contribution in [3.05, 3.63) is 29.8 Å². The van der Waals surface area contributed by atoms with Crippen molar-refractivity contribution in [1.82, 2.24) is 10.2 Å². The Morgan fingerprint density at radius 3 is 2.55 bits per heavy atom. The number of carbonyl (C=O) groups is 1. The first-order valence-electron chi connectivity index (χ1n) is 8.07. The molecule has 0 aromatic heterocycles. The number of hydrogen-bond donors (Lipinski definition) is 2. The van der Waals surface area contributed by atoms with Gasteiger partial charge in [-0.25, -0.2) is 0 Å². The average molecular weight is 306 g/mol. The maximum Gasteiger partial charge on any atom is 0.239 e. The number of ether oxygens (including phenoxy) is 1. The lowest BCUT2D eigenvalue weighted by atomic mass is 10.0. The van der Waals surface area contributed by atoms with Crippen molar-refractivity contribution < 1.29 is 14.6 Å². The largest absolute Gasteiger partial charge is 0.508 e. The lowest BCUT2D eigenvalue weighted by molar-refractivity contribution is -0.137. The molecule has 2 rings (SSSR count). The summed E-state index contributed by atoms with van der Waals surface area (Å²) >= 11 is 0. The van der Waals surface area contributed by atoms with Crippen molar-refractivity contribution in [3.63, 3.8) is 0 Å². The number of phenols is 1. The number of para-hydroxylation sites is 1. The van der Waals surface area contributed by atoms with Gasteiger partial charge < -0.3 is 14.7 Å². The molecule has 122 valence electrons. The van der Waals surface area contributed by atoms with E-state index >= 15 is 0 Å². The lowest BCUT2D eigenvalue weighted by Crippen LogP contribution is -2.50. The van der Waals surface area contributed by atoms with Crippen LogP contribution in [-0.4, -0.2) is 48.3 Å². The molecular weight excluding hydrogens is 280 g/mol. The van der Waals surface area contributed by atoms with Gasteiger partial charge in [0.05, 0.1) is 19.3 Å². The first kappa shape index (κ1) is 16.8. The molecule has 1 heterocycles. The Morgan fingerprint density at radius 2 is 1.95 bits per heavy atom. The molecule has 2 atom stereocenters. The molecule has 0 radical (unpaired) electrons. The van der Waals surface area contributed by atoms with Gasteiger partial charge >= 0.3 is 0 Å². The van der Waals surface area contributed by atoms with Crippen LogP contribution in [0.5, 0.6) is 5.75 Å². The number of benzene rings is 1. The van der Waals surface area contributed by atoms with E-state index in [1.165, 1.54) is 0 Å². The van der Waals surface area contributed by atoms with Crippen molar-refractivity contribution in [1.29, 1.82) is 0 Å². The Bertz CT molecular complexity index is 487. The number of nitrogens with zero attached hydrogens (tertiary/aromatic N) is 1. The number of morpholine rings is 1. The first-order valence-corrected chi connectivity index (χ1v) is 8.07. The van der Waals surface area contributed by atoms with Crippen LogP contribution < -0.4 is 5.32 Å². The summed E-state index contributed by atoms with van der Waals surface area (Å²) in [4.78, 5) is 14.5. The number of amides is 1. The van der Waals surface area contributed by atoms with Crippen molar-refractivity contribution in [3.8, 4) is 5.75 Å². The molecule has 22 heavy (non-hydrogen) atoms. The van der Waals surface area contributed by atoms with E-state index < -0.39 is 0 Å². The zero-order chi connectivity index (χ0) is 15.9. The summed E-state index contributed by atoms with van der Waals surface area (Å²) in [6.45, 7) is 6.59. The van der Waals surface area contributed by atoms with Gasteiger partial charge in [-0.1, -0.05) is 32.0 Å². The van der Waals surface area contributed by atoms with Crippen molar-refractivity contribution in [2.24, 2.45) is 0 Å². The van der Waals surface area contributed by atoms with Crippen LogP contribution in [0.3, 0.4) is 0 Å². The van der Waals surface area contributed by atoms with Gasteiger partial charge in [0.25, 0.3) is 0 Å². The summed E-state index contributed by atoms with van der Waals surface area (Å²) in [5.41, 5.74) is 0.846. The van der Waals surface area contributed by atoms with E-state index in [0.717, 1.165) is 18.4 Å². The minimum atomic E-state index is -0.234. The first-order chi connectivity index (χ1) is 10.7. The standard InChI is InChI=1S/C17H26N2O3/c1-3-14(13-7-5-6-8-16(13)20)18-15(4-2)17(21)19-9-11-22-12-10-19/h5-8,14-15,18,20H,3-4,9-12H2,1-2H3/t14-,15+/m0/s1. The molecule has 0 saturated carbocycles. The van der Waals surface area contributed by atoms with Gasteiger partial charge in [-0.05, 0) is 18.9 Å². The minimum absolute atomic E-state index is 0.0314. The second kappa shape index (κ2) is 8.15. The predicted octanol–water partition coefficient (Wildman–Crippen LogP) is 2.07. The van der Waals surface area contributed by atoms with E-state index in [-0.39, 0.29) is 23.7 Å². The van der Waals surface area contributed by atoms with Crippen LogP contribution in [0, 0.1) is 0 Å². The predicted molar refractivity (Wildman–Crippen MR) is 85.8 cm³/mol. The fourth-order valence-electron chi connectivity index (χ4n) is 2.82. The fourth-order valence-corrected chi connectivity index (χ4v) is 2.82. The molecule has 1 aliphatic rings. The summed E-state index contributed by atoms with van der Waals surface area (Å²) in [7, 11) is 0. The summed E-state index contributed by atoms with van der Waals surface area (Å²) in [6, 6.07) is 7.04. The third kappa shape index (κ3) is 3.99. The third-order valence-electron chi connectivity index (χ3n) is 4.15. The number of phenolic OH excluding ortho intramolecular Hbond substituents is 1. The molecule has 2 N–H and O–H groups in total. The van der Waals surface area contributed by atoms with Gasteiger partial charge in [-0.3, -0.25) is 10.1 Å². The number of aromatic hydroxyl groups is 1. The topological polar surface area (TPSA) is 61.8 Å². The monoisotopic (exact) mass is 306 g/mol. The Morgan fingerprint density at radius 1 is 1.27 bits per heavy atom. The van der Waals surface area contributed by atoms with E-state index in [9.17, 15) is 9.90 Å². The molecule has 0 spiro atoms. The average Bonchev–Trinajstić information content (AvgIpc) is 2.57. The van der Waals surface area contributed by atoms with Gasteiger partial charge in [-0.2, -0.15) is 0 Å². The van der Waals surface area contributed by atoms with Crippen molar-refractivity contribution in [2.75, 3.05) is 26.3 Å². The quantitative estimate of drug-likeness (QED) is 0.844. The van der Waals surface area contributed by atoms with E-state index in [1.807, 2.05) is 30.0 Å². The normalized spacial score (nSPS) is 18.0. The maximum atomic E-state index is 12.6. The van der Waals surface area contributed by atoms with Gasteiger partial charge in [0.1, 0.15) is 5.75 Å². The second-order valence-corrected chi connectivity index (χ2v) is 5.58. The number of nitrogens with one attached hydrogen (secondary N) is 1. The highest BCUT2D eigenvalue weighted by Crippen LogP contribution is 2.26. The SMILES string of the molecule is CC[C@H](N[C@H](CC)C(=O)N1CCOCC1)c1ccccc1O. The zero-order valence-corrected chi connectivity index (χ0v) is 13.4. The van der Waals surface area contributed by atoms with Crippen molar-refractivity contribution in [2.45, 2.75) is 38.8 Å². The van der Waals surface area contributed by atoms with E-state index in [4.69, 9.17) is 4.74 Å². The van der Waals surface area contributed by atoms with Gasteiger partial charge in [0.2, 0.25) is 5.91 Å². The van der Waals surface area contributed by atoms with Crippen LogP contribution in [0.25, 0.3) is 0 Å². The maximum absolute atomic E-state index is 12.6. The highest BCUT2D eigenvalue weighted by Gasteiger charge is 2.27. The second-order valence-electron chi connectivity index (χ2n) is 5.58. The molecule has 0 unspecified atom stereocenters. The molecule has 0 aliphatic carbocycles. The van der Waals surface area contributed by atoms with Gasteiger partial charge in [0.15, 0.2) is 0 Å². The van der Waals surface area contributed by atoms with E-state index in [0.29, 0.717) is 26.3 Å². The van der Waals surface area contributed by atoms with E-state index in [1.54, 1.807) is 6.07 Å². The molecule has 5 nitrogen and oxygen atoms in total. The summed E-state index contributed by atoms with van der Waals surface area (Å²) in [6.07, 6.45) is 1.53. The molecule has 1 fully saturated rings. The Balaban J connectivity index is 2.07. The number of rotatable bonds is 6. The van der Waals surface area contributed by atoms with Gasteiger partial charge in [0, 0.05) is 24.7 Å². The van der Waals surface area contributed by atoms with Crippen LogP contribution >= 0.6 is 0 Å². The van der Waals surface area contributed by atoms with Gasteiger partial charge in [-0.15, -0.1) is 0 Å². The third-order valence-corrected chi connectivity index (χ3v) is 4.15. The van der Waals surface area contributed by atoms with Crippen LogP contribution in [0.1, 0.15) is 38.3 Å². The summed E-state index contributed by atoms with van der Waals surface area (Å²) in [5.74, 6) is 0.398. The van der Waals surface area contributed by atoms with Crippen LogP contribution in [0.4, 0.5) is 0 Å². The lowest BCUT2D eigenvalue weighted by Gasteiger charge is -2.32. The minimum Gasteiger partial charge on any atom is -0.508 e. The van der Waals surface area contributed by atoms with Crippen LogP contribution in [0.15, 0.2) is 24.3 Å². The highest BCUT2D eigenvalue weighted by atomic mass is 16.5. The Kier molecular flexibility index (Phi) is 6.21. The van der Waals surface area contributed by atoms with Crippen LogP contribution in [0.2, 0.25) is 0 Å². The smallest absolute Gasteiger partial charge is 0.239 e. The zero-order valence-electron chi connectivity index (χ0n) is 13.4. The molecule has 0 bridgehead atoms. The van der Waals surface area contributed by atoms with E-state index in [2.05, 4.69) is 12.2 Å². The molecule has 5 heteroatoms. The summed E-state index contributed by atoms with van der Waals surface area (Å²) < 4.78 is 5.30. The van der Waals surface area contributed by atoms with Crippen LogP contribution in [-0.2, 0) is 9.53 Å². The number of carbonyl (C=O) groups excluding carboxylic acids is 1. The fraction of sp³-hybridized carbons (Fsp3) is 0.588. The molecule has 1 amide bonds. The Labute approximate surface area is 132 Å². The molecular formula is C17H26N2O3. The summed E-state index contributed by atoms with van der Waals surface area (Å²) in [5, 5.41) is 13.4. The highest BCUT2D eigenvalue weighted by molar-refractivity contribution is 5.82. The molecule has 1 aromatic carbocycles. The number of hydrogen-bond acceptors (Lipinski definition) is 4.